The van der Waals surface area contributed by atoms with Gasteiger partial charge in [0.15, 0.2) is 0 Å². The van der Waals surface area contributed by atoms with Crippen LogP contribution in [0.15, 0.2) is 24.3 Å². The van der Waals surface area contributed by atoms with Gasteiger partial charge in [-0.2, -0.15) is 0 Å². The van der Waals surface area contributed by atoms with Crippen molar-refractivity contribution in [2.24, 2.45) is 11.8 Å². The van der Waals surface area contributed by atoms with Crippen molar-refractivity contribution in [3.05, 3.63) is 29.8 Å². The minimum Gasteiger partial charge on any atom is -0.316 e. The molecule has 0 saturated carbocycles. The lowest BCUT2D eigenvalue weighted by Crippen LogP contribution is -2.36. The Kier molecular flexibility index (Phi) is 8.07. The van der Waals surface area contributed by atoms with E-state index in [1.807, 2.05) is 7.05 Å². The van der Waals surface area contributed by atoms with Gasteiger partial charge >= 0.3 is 0 Å². The highest BCUT2D eigenvalue weighted by Crippen LogP contribution is 2.25. The second kappa shape index (κ2) is 9.29. The Balaban J connectivity index is 0.00000264. The SMILES string of the molecule is CC(C)c1ccc(N(C)C(=O)CC(C)C2CCCNC2)cc1.Cl. The van der Waals surface area contributed by atoms with Gasteiger partial charge in [0.2, 0.25) is 5.91 Å². The molecule has 1 amide bonds. The molecule has 4 heteroatoms. The molecule has 23 heavy (non-hydrogen) atoms. The van der Waals surface area contributed by atoms with Crippen molar-refractivity contribution in [2.75, 3.05) is 25.0 Å². The van der Waals surface area contributed by atoms with Crippen molar-refractivity contribution < 1.29 is 4.79 Å². The van der Waals surface area contributed by atoms with E-state index in [4.69, 9.17) is 0 Å². The van der Waals surface area contributed by atoms with Crippen molar-refractivity contribution in [3.63, 3.8) is 0 Å². The molecule has 0 radical (unpaired) electrons. The lowest BCUT2D eigenvalue weighted by molar-refractivity contribution is -0.119. The lowest BCUT2D eigenvalue weighted by Gasteiger charge is -2.29. The zero-order valence-corrected chi connectivity index (χ0v) is 15.7. The predicted octanol–water partition coefficient (Wildman–Crippen LogP) is 4.22. The largest absolute Gasteiger partial charge is 0.316 e. The Morgan fingerprint density at radius 1 is 1.26 bits per heavy atom. The van der Waals surface area contributed by atoms with Crippen LogP contribution in [0.4, 0.5) is 5.69 Å². The molecule has 130 valence electrons. The number of halogens is 1. The van der Waals surface area contributed by atoms with Crippen LogP contribution < -0.4 is 10.2 Å². The summed E-state index contributed by atoms with van der Waals surface area (Å²) in [4.78, 5) is 14.3. The first-order chi connectivity index (χ1) is 10.5. The monoisotopic (exact) mass is 338 g/mol. The van der Waals surface area contributed by atoms with Crippen molar-refractivity contribution in [1.29, 1.82) is 0 Å². The first kappa shape index (κ1) is 20.0. The van der Waals surface area contributed by atoms with E-state index in [1.165, 1.54) is 18.4 Å². The van der Waals surface area contributed by atoms with Crippen LogP contribution in [0.5, 0.6) is 0 Å². The van der Waals surface area contributed by atoms with Gasteiger partial charge in [0.25, 0.3) is 0 Å². The van der Waals surface area contributed by atoms with E-state index in [1.54, 1.807) is 4.90 Å². The molecule has 1 saturated heterocycles. The minimum absolute atomic E-state index is 0. The molecule has 1 aromatic carbocycles. The average molecular weight is 339 g/mol. The van der Waals surface area contributed by atoms with Gasteiger partial charge in [0.1, 0.15) is 0 Å². The van der Waals surface area contributed by atoms with Crippen molar-refractivity contribution in [2.45, 2.75) is 46.0 Å². The first-order valence-corrected chi connectivity index (χ1v) is 8.56. The van der Waals surface area contributed by atoms with Gasteiger partial charge in [-0.1, -0.05) is 32.9 Å². The normalized spacial score (nSPS) is 19.1. The van der Waals surface area contributed by atoms with Crippen molar-refractivity contribution >= 4 is 24.0 Å². The zero-order valence-electron chi connectivity index (χ0n) is 14.8. The summed E-state index contributed by atoms with van der Waals surface area (Å²) in [5.74, 6) is 1.82. The molecular weight excluding hydrogens is 308 g/mol. The molecule has 0 aromatic heterocycles. The third-order valence-electron chi connectivity index (χ3n) is 4.96. The summed E-state index contributed by atoms with van der Waals surface area (Å²) in [5, 5.41) is 3.44. The molecule has 1 fully saturated rings. The molecule has 2 rings (SSSR count). The molecule has 0 spiro atoms. The summed E-state index contributed by atoms with van der Waals surface area (Å²) < 4.78 is 0. The number of rotatable bonds is 5. The summed E-state index contributed by atoms with van der Waals surface area (Å²) in [6, 6.07) is 8.36. The van der Waals surface area contributed by atoms with Gasteiger partial charge in [-0.3, -0.25) is 4.79 Å². The van der Waals surface area contributed by atoms with E-state index in [9.17, 15) is 4.79 Å². The molecule has 2 atom stereocenters. The maximum atomic E-state index is 12.5. The first-order valence-electron chi connectivity index (χ1n) is 8.56. The van der Waals surface area contributed by atoms with E-state index in [2.05, 4.69) is 50.4 Å². The molecule has 1 aliphatic heterocycles. The summed E-state index contributed by atoms with van der Waals surface area (Å²) in [5.41, 5.74) is 2.30. The van der Waals surface area contributed by atoms with Gasteiger partial charge in [0.05, 0.1) is 0 Å². The van der Waals surface area contributed by atoms with Crippen LogP contribution in [0.2, 0.25) is 0 Å². The maximum absolute atomic E-state index is 12.5. The smallest absolute Gasteiger partial charge is 0.226 e. The minimum atomic E-state index is 0. The Morgan fingerprint density at radius 2 is 1.91 bits per heavy atom. The highest BCUT2D eigenvalue weighted by atomic mass is 35.5. The molecule has 1 aliphatic rings. The second-order valence-electron chi connectivity index (χ2n) is 6.99. The molecule has 0 bridgehead atoms. The standard InChI is InChI=1S/C19H30N2O.ClH/c1-14(2)16-7-9-18(10-8-16)21(4)19(22)12-15(3)17-6-5-11-20-13-17;/h7-10,14-15,17,20H,5-6,11-13H2,1-4H3;1H. The third-order valence-corrected chi connectivity index (χ3v) is 4.96. The van der Waals surface area contributed by atoms with E-state index < -0.39 is 0 Å². The fourth-order valence-electron chi connectivity index (χ4n) is 3.17. The highest BCUT2D eigenvalue weighted by Gasteiger charge is 2.23. The average Bonchev–Trinajstić information content (AvgIpc) is 2.55. The van der Waals surface area contributed by atoms with Crippen molar-refractivity contribution in [3.8, 4) is 0 Å². The van der Waals surface area contributed by atoms with Gasteiger partial charge < -0.3 is 10.2 Å². The molecule has 1 heterocycles. The van der Waals surface area contributed by atoms with Gasteiger partial charge in [-0.05, 0) is 61.4 Å². The number of nitrogens with zero attached hydrogens (tertiary/aromatic N) is 1. The summed E-state index contributed by atoms with van der Waals surface area (Å²) in [6.07, 6.45) is 3.11. The fourth-order valence-corrected chi connectivity index (χ4v) is 3.17. The summed E-state index contributed by atoms with van der Waals surface area (Å²) >= 11 is 0. The molecular formula is C19H31ClN2O. The van der Waals surface area contributed by atoms with Crippen LogP contribution in [0.1, 0.15) is 51.5 Å². The second-order valence-corrected chi connectivity index (χ2v) is 6.99. The van der Waals surface area contributed by atoms with Crippen molar-refractivity contribution in [1.82, 2.24) is 5.32 Å². The number of carbonyl (C=O) groups excluding carboxylic acids is 1. The molecule has 3 nitrogen and oxygen atoms in total. The van der Waals surface area contributed by atoms with Gasteiger partial charge in [-0.15, -0.1) is 12.4 Å². The van der Waals surface area contributed by atoms with Gasteiger partial charge in [0, 0.05) is 19.2 Å². The molecule has 1 aromatic rings. The number of nitrogens with one attached hydrogen (secondary N) is 1. The Bertz CT molecular complexity index is 481. The number of amides is 1. The van der Waals surface area contributed by atoms with Crippen LogP contribution in [0.3, 0.4) is 0 Å². The van der Waals surface area contributed by atoms with Gasteiger partial charge in [-0.25, -0.2) is 0 Å². The van der Waals surface area contributed by atoms with Crippen LogP contribution in [-0.2, 0) is 4.79 Å². The van der Waals surface area contributed by atoms with Crippen LogP contribution >= 0.6 is 12.4 Å². The maximum Gasteiger partial charge on any atom is 0.226 e. The lowest BCUT2D eigenvalue weighted by atomic mass is 9.85. The quantitative estimate of drug-likeness (QED) is 0.871. The van der Waals surface area contributed by atoms with E-state index in [0.29, 0.717) is 24.2 Å². The third kappa shape index (κ3) is 5.50. The van der Waals surface area contributed by atoms with Crippen LogP contribution in [0.25, 0.3) is 0 Å². The molecule has 1 N–H and O–H groups in total. The number of carbonyl (C=O) groups is 1. The molecule has 2 unspecified atom stereocenters. The highest BCUT2D eigenvalue weighted by molar-refractivity contribution is 5.92. The van der Waals surface area contributed by atoms with E-state index >= 15 is 0 Å². The van der Waals surface area contributed by atoms with E-state index in [-0.39, 0.29) is 18.3 Å². The topological polar surface area (TPSA) is 32.3 Å². The zero-order chi connectivity index (χ0) is 16.1. The number of hydrogen-bond acceptors (Lipinski definition) is 2. The number of piperidine rings is 1. The van der Waals surface area contributed by atoms with Crippen LogP contribution in [0, 0.1) is 11.8 Å². The Morgan fingerprint density at radius 3 is 2.43 bits per heavy atom. The van der Waals surface area contributed by atoms with Crippen LogP contribution in [-0.4, -0.2) is 26.0 Å². The number of hydrogen-bond donors (Lipinski definition) is 1. The van der Waals surface area contributed by atoms with E-state index in [0.717, 1.165) is 18.8 Å². The Labute approximate surface area is 147 Å². The molecule has 0 aliphatic carbocycles. The Hall–Kier alpha value is -1.06. The summed E-state index contributed by atoms with van der Waals surface area (Å²) in [7, 11) is 1.89. The number of anilines is 1. The summed E-state index contributed by atoms with van der Waals surface area (Å²) in [6.45, 7) is 8.76. The fraction of sp³-hybridized carbons (Fsp3) is 0.632. The predicted molar refractivity (Wildman–Crippen MR) is 101 cm³/mol. The number of benzene rings is 1.